The van der Waals surface area contributed by atoms with Gasteiger partial charge in [-0.05, 0) is 56.0 Å². The van der Waals surface area contributed by atoms with Crippen molar-refractivity contribution in [1.82, 2.24) is 25.2 Å². The number of amides is 2. The standard InChI is InChI=1S/C24H24FN5O3/c1-24(11-3-5-13-30(24)22(33)18-6-2-4-12-26-18)23-28-15-19(31)20(29-23)21(32)27-14-16-7-9-17(25)10-8-16/h2,4,6-10,12,15,31H,3,5,11,13-14H2,1H3,(H,27,32). The van der Waals surface area contributed by atoms with Gasteiger partial charge in [0, 0.05) is 19.3 Å². The van der Waals surface area contributed by atoms with Crippen LogP contribution in [0.5, 0.6) is 5.75 Å². The molecule has 1 atom stereocenters. The normalized spacial score (nSPS) is 18.1. The van der Waals surface area contributed by atoms with Gasteiger partial charge in [0.1, 0.15) is 17.1 Å². The summed E-state index contributed by atoms with van der Waals surface area (Å²) in [6, 6.07) is 10.9. The Kier molecular flexibility index (Phi) is 6.30. The Morgan fingerprint density at radius 3 is 2.67 bits per heavy atom. The van der Waals surface area contributed by atoms with Crippen molar-refractivity contribution in [2.75, 3.05) is 6.54 Å². The minimum absolute atomic E-state index is 0.138. The average molecular weight is 449 g/mol. The predicted octanol–water partition coefficient (Wildman–Crippen LogP) is 3.19. The lowest BCUT2D eigenvalue weighted by atomic mass is 9.87. The second kappa shape index (κ2) is 9.32. The Balaban J connectivity index is 1.59. The first-order valence-corrected chi connectivity index (χ1v) is 10.7. The predicted molar refractivity (Wildman–Crippen MR) is 118 cm³/mol. The van der Waals surface area contributed by atoms with Crippen molar-refractivity contribution in [1.29, 1.82) is 0 Å². The van der Waals surface area contributed by atoms with E-state index < -0.39 is 11.4 Å². The summed E-state index contributed by atoms with van der Waals surface area (Å²) in [6.07, 6.45) is 5.04. The molecule has 8 nitrogen and oxygen atoms in total. The summed E-state index contributed by atoms with van der Waals surface area (Å²) in [5.74, 6) is -1.29. The minimum atomic E-state index is -0.869. The third kappa shape index (κ3) is 4.67. The fraction of sp³-hybridized carbons (Fsp3) is 0.292. The van der Waals surface area contributed by atoms with Crippen LogP contribution in [-0.4, -0.2) is 43.3 Å². The smallest absolute Gasteiger partial charge is 0.274 e. The molecule has 1 aromatic carbocycles. The number of halogens is 1. The molecule has 0 bridgehead atoms. The first-order valence-electron chi connectivity index (χ1n) is 10.7. The van der Waals surface area contributed by atoms with Crippen LogP contribution in [0.2, 0.25) is 0 Å². The first-order chi connectivity index (χ1) is 15.9. The molecular weight excluding hydrogens is 425 g/mol. The molecule has 3 aromatic rings. The molecule has 1 aliphatic rings. The number of hydrogen-bond donors (Lipinski definition) is 2. The maximum absolute atomic E-state index is 13.2. The summed E-state index contributed by atoms with van der Waals surface area (Å²) in [6.45, 7) is 2.50. The monoisotopic (exact) mass is 449 g/mol. The number of carbonyl (C=O) groups is 2. The Hall–Kier alpha value is -3.88. The summed E-state index contributed by atoms with van der Waals surface area (Å²) >= 11 is 0. The van der Waals surface area contributed by atoms with Crippen molar-refractivity contribution in [3.63, 3.8) is 0 Å². The van der Waals surface area contributed by atoms with Crippen molar-refractivity contribution in [2.24, 2.45) is 0 Å². The summed E-state index contributed by atoms with van der Waals surface area (Å²) < 4.78 is 13.1. The van der Waals surface area contributed by atoms with Crippen molar-refractivity contribution in [3.8, 4) is 5.75 Å². The number of pyridine rings is 1. The number of carbonyl (C=O) groups excluding carboxylic acids is 2. The molecule has 1 saturated heterocycles. The molecule has 2 N–H and O–H groups in total. The number of nitrogens with zero attached hydrogens (tertiary/aromatic N) is 4. The summed E-state index contributed by atoms with van der Waals surface area (Å²) in [5.41, 5.74) is -0.0299. The molecule has 1 fully saturated rings. The molecule has 9 heteroatoms. The van der Waals surface area contributed by atoms with Crippen LogP contribution in [0, 0.1) is 5.82 Å². The lowest BCUT2D eigenvalue weighted by Crippen LogP contribution is -2.51. The third-order valence-corrected chi connectivity index (χ3v) is 5.85. The highest BCUT2D eigenvalue weighted by Gasteiger charge is 2.42. The Morgan fingerprint density at radius 1 is 1.15 bits per heavy atom. The van der Waals surface area contributed by atoms with E-state index in [0.717, 1.165) is 12.8 Å². The Morgan fingerprint density at radius 2 is 1.94 bits per heavy atom. The van der Waals surface area contributed by atoms with E-state index in [1.165, 1.54) is 18.3 Å². The van der Waals surface area contributed by atoms with Gasteiger partial charge in [-0.3, -0.25) is 14.6 Å². The number of likely N-dealkylation sites (tertiary alicyclic amines) is 1. The molecule has 170 valence electrons. The summed E-state index contributed by atoms with van der Waals surface area (Å²) in [5, 5.41) is 12.9. The lowest BCUT2D eigenvalue weighted by Gasteiger charge is -2.43. The van der Waals surface area contributed by atoms with E-state index in [9.17, 15) is 19.1 Å². The van der Waals surface area contributed by atoms with E-state index in [0.29, 0.717) is 24.2 Å². The van der Waals surface area contributed by atoms with Crippen molar-refractivity contribution >= 4 is 11.8 Å². The van der Waals surface area contributed by atoms with E-state index in [1.54, 1.807) is 41.4 Å². The first kappa shape index (κ1) is 22.3. The molecule has 0 radical (unpaired) electrons. The number of aromatic nitrogens is 3. The van der Waals surface area contributed by atoms with Gasteiger partial charge in [0.15, 0.2) is 17.3 Å². The molecule has 0 aliphatic carbocycles. The van der Waals surface area contributed by atoms with Crippen LogP contribution in [-0.2, 0) is 12.1 Å². The molecule has 1 aliphatic heterocycles. The van der Waals surface area contributed by atoms with Gasteiger partial charge >= 0.3 is 0 Å². The van der Waals surface area contributed by atoms with Crippen LogP contribution in [0.3, 0.4) is 0 Å². The van der Waals surface area contributed by atoms with Gasteiger partial charge in [-0.15, -0.1) is 0 Å². The fourth-order valence-electron chi connectivity index (χ4n) is 3.98. The fourth-order valence-corrected chi connectivity index (χ4v) is 3.98. The molecule has 0 spiro atoms. The number of piperidine rings is 1. The maximum Gasteiger partial charge on any atom is 0.274 e. The highest BCUT2D eigenvalue weighted by molar-refractivity contribution is 5.95. The van der Waals surface area contributed by atoms with Gasteiger partial charge in [-0.25, -0.2) is 14.4 Å². The number of benzene rings is 1. The summed E-state index contributed by atoms with van der Waals surface area (Å²) in [4.78, 5) is 40.5. The number of hydrogen-bond acceptors (Lipinski definition) is 6. The van der Waals surface area contributed by atoms with Crippen LogP contribution in [0.25, 0.3) is 0 Å². The second-order valence-electron chi connectivity index (χ2n) is 8.14. The van der Waals surface area contributed by atoms with E-state index in [2.05, 4.69) is 20.3 Å². The van der Waals surface area contributed by atoms with Gasteiger partial charge in [-0.2, -0.15) is 0 Å². The van der Waals surface area contributed by atoms with Crippen LogP contribution in [0.4, 0.5) is 4.39 Å². The Bertz CT molecular complexity index is 1160. The van der Waals surface area contributed by atoms with Crippen LogP contribution >= 0.6 is 0 Å². The van der Waals surface area contributed by atoms with Gasteiger partial charge in [0.25, 0.3) is 11.8 Å². The number of rotatable bonds is 5. The molecule has 1 unspecified atom stereocenters. The summed E-state index contributed by atoms with van der Waals surface area (Å²) in [7, 11) is 0. The highest BCUT2D eigenvalue weighted by atomic mass is 19.1. The van der Waals surface area contributed by atoms with E-state index in [1.807, 2.05) is 6.92 Å². The van der Waals surface area contributed by atoms with Crippen molar-refractivity contribution in [2.45, 2.75) is 38.3 Å². The molecular formula is C24H24FN5O3. The van der Waals surface area contributed by atoms with Crippen LogP contribution in [0.1, 0.15) is 58.6 Å². The van der Waals surface area contributed by atoms with Gasteiger partial charge in [0.2, 0.25) is 0 Å². The Labute approximate surface area is 190 Å². The van der Waals surface area contributed by atoms with E-state index in [4.69, 9.17) is 0 Å². The molecule has 4 rings (SSSR count). The zero-order chi connectivity index (χ0) is 23.4. The topological polar surface area (TPSA) is 108 Å². The lowest BCUT2D eigenvalue weighted by molar-refractivity contribution is 0.0325. The molecule has 33 heavy (non-hydrogen) atoms. The van der Waals surface area contributed by atoms with E-state index in [-0.39, 0.29) is 35.5 Å². The van der Waals surface area contributed by atoms with Gasteiger partial charge in [0.05, 0.1) is 6.20 Å². The number of nitrogens with one attached hydrogen (secondary N) is 1. The third-order valence-electron chi connectivity index (χ3n) is 5.85. The largest absolute Gasteiger partial charge is 0.504 e. The van der Waals surface area contributed by atoms with Crippen molar-refractivity contribution < 1.29 is 19.1 Å². The maximum atomic E-state index is 13.2. The molecule has 3 heterocycles. The zero-order valence-electron chi connectivity index (χ0n) is 18.2. The molecule has 2 aromatic heterocycles. The van der Waals surface area contributed by atoms with Crippen LogP contribution < -0.4 is 5.32 Å². The van der Waals surface area contributed by atoms with Gasteiger partial charge < -0.3 is 15.3 Å². The minimum Gasteiger partial charge on any atom is -0.504 e. The molecule has 2 amide bonds. The second-order valence-corrected chi connectivity index (χ2v) is 8.14. The average Bonchev–Trinajstić information content (AvgIpc) is 2.84. The van der Waals surface area contributed by atoms with Gasteiger partial charge in [-0.1, -0.05) is 18.2 Å². The van der Waals surface area contributed by atoms with Crippen LogP contribution in [0.15, 0.2) is 54.9 Å². The van der Waals surface area contributed by atoms with E-state index >= 15 is 0 Å². The SMILES string of the molecule is CC1(c2ncc(O)c(C(=O)NCc3ccc(F)cc3)n2)CCCCN1C(=O)c1ccccn1. The quantitative estimate of drug-likeness (QED) is 0.619. The molecule has 0 saturated carbocycles. The number of aromatic hydroxyl groups is 1. The highest BCUT2D eigenvalue weighted by Crippen LogP contribution is 2.37. The van der Waals surface area contributed by atoms with Crippen molar-refractivity contribution in [3.05, 3.63) is 83.5 Å². The zero-order valence-corrected chi connectivity index (χ0v) is 18.2.